The van der Waals surface area contributed by atoms with E-state index in [0.29, 0.717) is 0 Å². The normalized spacial score (nSPS) is 16.5. The van der Waals surface area contributed by atoms with Crippen LogP contribution in [-0.4, -0.2) is 0 Å². The zero-order valence-electron chi connectivity index (χ0n) is 9.40. The van der Waals surface area contributed by atoms with Crippen LogP contribution in [0.25, 0.3) is 22.4 Å². The Hall–Kier alpha value is -2.08. The third-order valence-corrected chi connectivity index (χ3v) is 3.55. The fourth-order valence-corrected chi connectivity index (χ4v) is 2.76. The number of rotatable bonds is 0. The van der Waals surface area contributed by atoms with Crippen LogP contribution in [0.15, 0.2) is 60.2 Å². The summed E-state index contributed by atoms with van der Waals surface area (Å²) in [6.45, 7) is 0. The van der Waals surface area contributed by atoms with Gasteiger partial charge in [0.05, 0.1) is 0 Å². The molecule has 0 amide bonds. The monoisotopic (exact) mass is 215 g/mol. The molecule has 0 spiro atoms. The van der Waals surface area contributed by atoms with E-state index < -0.39 is 0 Å². The van der Waals surface area contributed by atoms with Crippen molar-refractivity contribution in [2.24, 2.45) is 0 Å². The van der Waals surface area contributed by atoms with Gasteiger partial charge in [0.2, 0.25) is 0 Å². The van der Waals surface area contributed by atoms with Crippen molar-refractivity contribution in [1.82, 2.24) is 0 Å². The topological polar surface area (TPSA) is 0 Å². The van der Waals surface area contributed by atoms with Crippen LogP contribution in [0.5, 0.6) is 0 Å². The van der Waals surface area contributed by atoms with E-state index in [0.717, 1.165) is 6.42 Å². The average Bonchev–Trinajstić information content (AvgIpc) is 2.77. The first-order chi connectivity index (χ1) is 8.43. The molecule has 4 rings (SSSR count). The molecule has 17 heavy (non-hydrogen) atoms. The second-order valence-corrected chi connectivity index (χ2v) is 4.53. The minimum atomic E-state index is 1.03. The molecule has 79 valence electrons. The van der Waals surface area contributed by atoms with Crippen LogP contribution >= 0.6 is 0 Å². The van der Waals surface area contributed by atoms with Crippen molar-refractivity contribution in [3.05, 3.63) is 70.6 Å². The molecule has 0 saturated carbocycles. The maximum absolute atomic E-state index is 3.50. The van der Waals surface area contributed by atoms with E-state index in [2.05, 4.69) is 60.7 Å². The molecule has 0 aliphatic heterocycles. The van der Waals surface area contributed by atoms with Crippen LogP contribution < -0.4 is 10.4 Å². The molecule has 0 unspecified atom stereocenters. The largest absolute Gasteiger partial charge is 0.0801 e. The molecule has 2 aromatic carbocycles. The quantitative estimate of drug-likeness (QED) is 0.633. The second-order valence-electron chi connectivity index (χ2n) is 4.53. The summed E-state index contributed by atoms with van der Waals surface area (Å²) in [5.74, 6) is 0. The zero-order chi connectivity index (χ0) is 11.2. The summed E-state index contributed by atoms with van der Waals surface area (Å²) >= 11 is 0. The Bertz CT molecular complexity index is 802. The molecule has 0 heteroatoms. The minimum absolute atomic E-state index is 1.03. The molecule has 0 saturated heterocycles. The van der Waals surface area contributed by atoms with Crippen LogP contribution in [0.3, 0.4) is 0 Å². The van der Waals surface area contributed by atoms with Crippen molar-refractivity contribution in [3.8, 4) is 0 Å². The van der Waals surface area contributed by atoms with E-state index in [9.17, 15) is 0 Å². The van der Waals surface area contributed by atoms with Crippen LogP contribution in [0.2, 0.25) is 0 Å². The molecule has 2 aliphatic rings. The Morgan fingerprint density at radius 2 is 1.94 bits per heavy atom. The molecule has 0 N–H and O–H groups in total. The lowest BCUT2D eigenvalue weighted by Crippen LogP contribution is -2.23. The van der Waals surface area contributed by atoms with Crippen molar-refractivity contribution in [2.45, 2.75) is 6.42 Å². The standard InChI is InChI=1S/C17H11/c1-3-7-15-12(5-1)9-10-14-11-13-6-2-4-8-16(13)17(14)15/h1-7,9-10H,8H2. The maximum Gasteiger partial charge on any atom is -0.00170 e. The summed E-state index contributed by atoms with van der Waals surface area (Å²) in [5, 5.41) is 5.30. The number of allylic oxidation sites excluding steroid dienone is 4. The number of benzene rings is 2. The van der Waals surface area contributed by atoms with E-state index >= 15 is 0 Å². The minimum Gasteiger partial charge on any atom is -0.0801 e. The van der Waals surface area contributed by atoms with Gasteiger partial charge in [-0.1, -0.05) is 54.6 Å². The molecule has 2 aliphatic carbocycles. The predicted molar refractivity (Wildman–Crippen MR) is 71.9 cm³/mol. The molecule has 0 atom stereocenters. The lowest BCUT2D eigenvalue weighted by molar-refractivity contribution is 1.37. The van der Waals surface area contributed by atoms with Gasteiger partial charge >= 0.3 is 0 Å². The van der Waals surface area contributed by atoms with E-state index in [1.165, 1.54) is 32.4 Å². The summed E-state index contributed by atoms with van der Waals surface area (Å²) in [6.07, 6.45) is 11.0. The highest BCUT2D eigenvalue weighted by molar-refractivity contribution is 5.93. The van der Waals surface area contributed by atoms with Gasteiger partial charge in [0, 0.05) is 0 Å². The molecule has 0 fully saturated rings. The molecular formula is C17H11. The summed E-state index contributed by atoms with van der Waals surface area (Å²) in [6, 6.07) is 13.0. The third kappa shape index (κ3) is 1.18. The summed E-state index contributed by atoms with van der Waals surface area (Å²) in [7, 11) is 0. The average molecular weight is 215 g/mol. The lowest BCUT2D eigenvalue weighted by Gasteiger charge is -2.06. The Morgan fingerprint density at radius 1 is 1.00 bits per heavy atom. The predicted octanol–water partition coefficient (Wildman–Crippen LogP) is 2.55. The molecule has 2 aromatic rings. The smallest absolute Gasteiger partial charge is 0.00170 e. The first kappa shape index (κ1) is 9.00. The molecule has 1 radical (unpaired) electrons. The Kier molecular flexibility index (Phi) is 1.70. The van der Waals surface area contributed by atoms with Crippen LogP contribution in [0.4, 0.5) is 0 Å². The molecule has 0 aromatic heterocycles. The first-order valence-corrected chi connectivity index (χ1v) is 5.96. The fourth-order valence-electron chi connectivity index (χ4n) is 2.76. The van der Waals surface area contributed by atoms with Gasteiger partial charge in [0.25, 0.3) is 0 Å². The van der Waals surface area contributed by atoms with E-state index in [4.69, 9.17) is 0 Å². The first-order valence-electron chi connectivity index (χ1n) is 5.96. The highest BCUT2D eigenvalue weighted by atomic mass is 14.2. The van der Waals surface area contributed by atoms with Crippen molar-refractivity contribution in [2.75, 3.05) is 0 Å². The van der Waals surface area contributed by atoms with Crippen molar-refractivity contribution >= 4 is 22.4 Å². The van der Waals surface area contributed by atoms with Gasteiger partial charge in [-0.25, -0.2) is 0 Å². The molecular weight excluding hydrogens is 204 g/mol. The summed E-state index contributed by atoms with van der Waals surface area (Å²) in [4.78, 5) is 0. The Balaban J connectivity index is 2.29. The molecule has 0 heterocycles. The van der Waals surface area contributed by atoms with E-state index in [1.54, 1.807) is 0 Å². The zero-order valence-corrected chi connectivity index (χ0v) is 9.40. The van der Waals surface area contributed by atoms with Gasteiger partial charge in [-0.2, -0.15) is 0 Å². The number of hydrogen-bond acceptors (Lipinski definition) is 0. The SMILES string of the molecule is [C]1=c2ccc3ccccc3c2=C2CC=CC=C12. The van der Waals surface area contributed by atoms with Crippen LogP contribution in [0.1, 0.15) is 6.42 Å². The van der Waals surface area contributed by atoms with Crippen molar-refractivity contribution in [3.63, 3.8) is 0 Å². The van der Waals surface area contributed by atoms with E-state index in [1.807, 2.05) is 0 Å². The highest BCUT2D eigenvalue weighted by Crippen LogP contribution is 2.24. The van der Waals surface area contributed by atoms with Gasteiger partial charge < -0.3 is 0 Å². The Morgan fingerprint density at radius 3 is 2.94 bits per heavy atom. The van der Waals surface area contributed by atoms with Gasteiger partial charge in [-0.15, -0.1) is 0 Å². The summed E-state index contributed by atoms with van der Waals surface area (Å²) < 4.78 is 0. The third-order valence-electron chi connectivity index (χ3n) is 3.55. The number of fused-ring (bicyclic) bond motifs is 4. The molecule has 0 nitrogen and oxygen atoms in total. The van der Waals surface area contributed by atoms with Crippen LogP contribution in [-0.2, 0) is 0 Å². The van der Waals surface area contributed by atoms with Gasteiger partial charge in [-0.05, 0) is 44.9 Å². The van der Waals surface area contributed by atoms with Crippen molar-refractivity contribution in [1.29, 1.82) is 0 Å². The van der Waals surface area contributed by atoms with Crippen molar-refractivity contribution < 1.29 is 0 Å². The maximum atomic E-state index is 3.50. The highest BCUT2D eigenvalue weighted by Gasteiger charge is 2.13. The molecule has 0 bridgehead atoms. The van der Waals surface area contributed by atoms with Gasteiger partial charge in [-0.3, -0.25) is 0 Å². The lowest BCUT2D eigenvalue weighted by atomic mass is 9.98. The number of hydrogen-bond donors (Lipinski definition) is 0. The second kappa shape index (κ2) is 3.21. The summed E-state index contributed by atoms with van der Waals surface area (Å²) in [5.41, 5.74) is 2.69. The van der Waals surface area contributed by atoms with Crippen LogP contribution in [0, 0.1) is 0 Å². The van der Waals surface area contributed by atoms with E-state index in [-0.39, 0.29) is 0 Å². The van der Waals surface area contributed by atoms with Gasteiger partial charge in [0.1, 0.15) is 0 Å². The Labute approximate surface area is 99.9 Å². The van der Waals surface area contributed by atoms with Gasteiger partial charge in [0.15, 0.2) is 0 Å². The fraction of sp³-hybridized carbons (Fsp3) is 0.0588.